The molecule has 21 heteroatoms. The molecular formula is C28H43N9O12. The van der Waals surface area contributed by atoms with Crippen LogP contribution < -0.4 is 32.3 Å². The number of aryl methyl sites for hydroxylation is 1. The molecule has 0 fully saturated rings. The fraction of sp³-hybridized carbons (Fsp3) is 0.607. The minimum Gasteiger partial charge on any atom is -0.481 e. The number of aliphatic carboxylic acids is 3. The number of nitrogens with zero attached hydrogens (tertiary/aromatic N) is 3. The van der Waals surface area contributed by atoms with Crippen LogP contribution in [0.3, 0.4) is 0 Å². The largest absolute Gasteiger partial charge is 0.481 e. The number of nitrogens with one attached hydrogen (secondary N) is 5. The average Bonchev–Trinajstić information content (AvgIpc) is 3.45. The Hall–Kier alpha value is -5.63. The molecule has 49 heavy (non-hydrogen) atoms. The second kappa shape index (κ2) is 19.9. The van der Waals surface area contributed by atoms with Crippen LogP contribution in [0.1, 0.15) is 65.5 Å². The molecule has 272 valence electrons. The Kier molecular flexibility index (Phi) is 16.8. The van der Waals surface area contributed by atoms with Gasteiger partial charge in [0.2, 0.25) is 35.4 Å². The molecule has 0 spiro atoms. The number of amides is 6. The van der Waals surface area contributed by atoms with E-state index in [-0.39, 0.29) is 6.42 Å². The molecular weight excluding hydrogens is 654 g/mol. The SMILES string of the molecule is CCn1cc(C[C@H](NC(=O)[C@H](CCC(=O)O)NC(=O)[C@@H](NC(=O)[C@H](CCC(=O)O)NC(=O)[C@H](CC(=O)O)NC(C)=O)C(C)C)C(N)=O)nn1. The third-order valence-corrected chi connectivity index (χ3v) is 6.86. The van der Waals surface area contributed by atoms with E-state index in [0.29, 0.717) is 12.2 Å². The van der Waals surface area contributed by atoms with Crippen molar-refractivity contribution >= 4 is 53.4 Å². The van der Waals surface area contributed by atoms with Crippen LogP contribution in [0.15, 0.2) is 6.20 Å². The normalized spacial score (nSPS) is 13.9. The Balaban J connectivity index is 3.22. The number of carbonyl (C=O) groups excluding carboxylic acids is 6. The molecule has 6 amide bonds. The Morgan fingerprint density at radius 1 is 0.735 bits per heavy atom. The smallest absolute Gasteiger partial charge is 0.305 e. The van der Waals surface area contributed by atoms with Crippen molar-refractivity contribution in [3.8, 4) is 0 Å². The van der Waals surface area contributed by atoms with Crippen molar-refractivity contribution in [1.29, 1.82) is 0 Å². The van der Waals surface area contributed by atoms with Gasteiger partial charge in [0.1, 0.15) is 30.2 Å². The molecule has 0 unspecified atom stereocenters. The summed E-state index contributed by atoms with van der Waals surface area (Å²) >= 11 is 0. The maximum absolute atomic E-state index is 13.4. The van der Waals surface area contributed by atoms with Gasteiger partial charge in [0.25, 0.3) is 0 Å². The summed E-state index contributed by atoms with van der Waals surface area (Å²) in [4.78, 5) is 110. The maximum Gasteiger partial charge on any atom is 0.305 e. The van der Waals surface area contributed by atoms with Crippen LogP contribution in [0, 0.1) is 5.92 Å². The first kappa shape index (κ1) is 41.4. The Morgan fingerprint density at radius 3 is 1.65 bits per heavy atom. The molecule has 10 N–H and O–H groups in total. The van der Waals surface area contributed by atoms with E-state index < -0.39 is 122 Å². The van der Waals surface area contributed by atoms with Crippen molar-refractivity contribution in [3.63, 3.8) is 0 Å². The van der Waals surface area contributed by atoms with Crippen LogP contribution in [-0.2, 0) is 56.1 Å². The molecule has 0 aromatic carbocycles. The van der Waals surface area contributed by atoms with Crippen LogP contribution in [0.4, 0.5) is 0 Å². The van der Waals surface area contributed by atoms with E-state index in [1.54, 1.807) is 6.92 Å². The number of hydrogen-bond donors (Lipinski definition) is 9. The van der Waals surface area contributed by atoms with Gasteiger partial charge in [0.05, 0.1) is 12.1 Å². The molecule has 0 saturated heterocycles. The van der Waals surface area contributed by atoms with Crippen molar-refractivity contribution in [2.75, 3.05) is 0 Å². The van der Waals surface area contributed by atoms with Crippen LogP contribution in [-0.4, -0.2) is 114 Å². The third kappa shape index (κ3) is 15.2. The van der Waals surface area contributed by atoms with Crippen LogP contribution in [0.5, 0.6) is 0 Å². The van der Waals surface area contributed by atoms with Gasteiger partial charge in [-0.3, -0.25) is 47.8 Å². The van der Waals surface area contributed by atoms with E-state index in [1.807, 2.05) is 0 Å². The van der Waals surface area contributed by atoms with Crippen LogP contribution in [0.25, 0.3) is 0 Å². The second-order valence-corrected chi connectivity index (χ2v) is 11.3. The Bertz CT molecular complexity index is 1380. The molecule has 0 saturated carbocycles. The molecule has 0 radical (unpaired) electrons. The lowest BCUT2D eigenvalue weighted by molar-refractivity contribution is -0.141. The molecule has 0 bridgehead atoms. The molecule has 0 aliphatic carbocycles. The highest BCUT2D eigenvalue weighted by Gasteiger charge is 2.34. The molecule has 0 aliphatic rings. The molecule has 1 rings (SSSR count). The van der Waals surface area contributed by atoms with Crippen molar-refractivity contribution in [2.24, 2.45) is 11.7 Å². The first-order valence-corrected chi connectivity index (χ1v) is 15.2. The fourth-order valence-electron chi connectivity index (χ4n) is 4.32. The van der Waals surface area contributed by atoms with Crippen molar-refractivity contribution in [1.82, 2.24) is 41.6 Å². The zero-order chi connectivity index (χ0) is 37.4. The second-order valence-electron chi connectivity index (χ2n) is 11.3. The zero-order valence-corrected chi connectivity index (χ0v) is 27.4. The van der Waals surface area contributed by atoms with Gasteiger partial charge in [-0.1, -0.05) is 19.1 Å². The highest BCUT2D eigenvalue weighted by atomic mass is 16.4. The van der Waals surface area contributed by atoms with Crippen molar-refractivity contribution < 1.29 is 58.5 Å². The number of aromatic nitrogens is 3. The standard InChI is InChI=1S/C28H43N9O12/c1-5-37-12-15(35-36-37)10-18(24(29)45)33-25(46)16(6-8-20(39)40)32-28(49)23(13(2)3)34-26(47)17(7-9-21(41)42)31-27(48)19(11-22(43)44)30-14(4)38/h12-13,16-19,23H,5-11H2,1-4H3,(H2,29,45)(H,30,38)(H,31,48)(H,32,49)(H,33,46)(H,34,47)(H,39,40)(H,41,42)(H,43,44)/t16-,17-,18-,19-,23-/m0/s1. The van der Waals surface area contributed by atoms with Crippen LogP contribution >= 0.6 is 0 Å². The summed E-state index contributed by atoms with van der Waals surface area (Å²) in [5.41, 5.74) is 5.77. The van der Waals surface area contributed by atoms with E-state index in [4.69, 9.17) is 15.9 Å². The summed E-state index contributed by atoms with van der Waals surface area (Å²) < 4.78 is 1.47. The van der Waals surface area contributed by atoms with Gasteiger partial charge in [0.15, 0.2) is 0 Å². The number of primary amides is 1. The van der Waals surface area contributed by atoms with Gasteiger partial charge in [-0.05, 0) is 25.7 Å². The van der Waals surface area contributed by atoms with Crippen molar-refractivity contribution in [3.05, 3.63) is 11.9 Å². The summed E-state index contributed by atoms with van der Waals surface area (Å²) in [6, 6.07) is -7.52. The molecule has 1 aromatic heterocycles. The number of hydrogen-bond acceptors (Lipinski definition) is 11. The summed E-state index contributed by atoms with van der Waals surface area (Å²) in [7, 11) is 0. The molecule has 1 heterocycles. The Labute approximate surface area is 280 Å². The van der Waals surface area contributed by atoms with E-state index in [2.05, 4.69) is 36.9 Å². The predicted molar refractivity (Wildman–Crippen MR) is 165 cm³/mol. The first-order chi connectivity index (χ1) is 22.8. The topological polar surface area (TPSA) is 331 Å². The summed E-state index contributed by atoms with van der Waals surface area (Å²) in [6.07, 6.45) is -1.64. The van der Waals surface area contributed by atoms with Gasteiger partial charge >= 0.3 is 17.9 Å². The Morgan fingerprint density at radius 2 is 1.22 bits per heavy atom. The molecule has 1 aromatic rings. The summed E-state index contributed by atoms with van der Waals surface area (Å²) in [5.74, 6) is -10.6. The zero-order valence-electron chi connectivity index (χ0n) is 27.4. The summed E-state index contributed by atoms with van der Waals surface area (Å²) in [5, 5.41) is 46.7. The average molecular weight is 698 g/mol. The van der Waals surface area contributed by atoms with E-state index in [0.717, 1.165) is 6.92 Å². The first-order valence-electron chi connectivity index (χ1n) is 15.2. The van der Waals surface area contributed by atoms with Gasteiger partial charge in [0, 0.05) is 38.9 Å². The number of carbonyl (C=O) groups is 9. The number of rotatable bonds is 22. The third-order valence-electron chi connectivity index (χ3n) is 6.86. The number of nitrogens with two attached hydrogens (primary N) is 1. The quantitative estimate of drug-likeness (QED) is 0.0571. The minimum absolute atomic E-state index is 0.163. The monoisotopic (exact) mass is 697 g/mol. The highest BCUT2D eigenvalue weighted by molar-refractivity contribution is 5.97. The minimum atomic E-state index is -1.62. The molecule has 0 aliphatic heterocycles. The highest BCUT2D eigenvalue weighted by Crippen LogP contribution is 2.09. The van der Waals surface area contributed by atoms with Crippen molar-refractivity contribution in [2.45, 2.75) is 103 Å². The van der Waals surface area contributed by atoms with Gasteiger partial charge in [-0.2, -0.15) is 0 Å². The number of carboxylic acids is 3. The van der Waals surface area contributed by atoms with Gasteiger partial charge < -0.3 is 47.6 Å². The lowest BCUT2D eigenvalue weighted by Gasteiger charge is -2.28. The van der Waals surface area contributed by atoms with Crippen LogP contribution in [0.2, 0.25) is 0 Å². The van der Waals surface area contributed by atoms with E-state index >= 15 is 0 Å². The van der Waals surface area contributed by atoms with E-state index in [9.17, 15) is 48.3 Å². The predicted octanol–water partition coefficient (Wildman–Crippen LogP) is -3.37. The van der Waals surface area contributed by atoms with Gasteiger partial charge in [-0.15, -0.1) is 5.10 Å². The summed E-state index contributed by atoms with van der Waals surface area (Å²) in [6.45, 7) is 6.32. The lowest BCUT2D eigenvalue weighted by atomic mass is 10.0. The fourth-order valence-corrected chi connectivity index (χ4v) is 4.32. The van der Waals surface area contributed by atoms with Gasteiger partial charge in [-0.25, -0.2) is 0 Å². The lowest BCUT2D eigenvalue weighted by Crippen LogP contribution is -2.60. The maximum atomic E-state index is 13.4. The molecule has 5 atom stereocenters. The number of carboxylic acid groups (broad SMARTS) is 3. The van der Waals surface area contributed by atoms with E-state index in [1.165, 1.54) is 24.7 Å². The molecule has 21 nitrogen and oxygen atoms in total.